The van der Waals surface area contributed by atoms with Gasteiger partial charge in [-0.1, -0.05) is 74.0 Å². The number of hydroxylamine groups is 1. The molecular formula is C23H24Cl2N2O3. The van der Waals surface area contributed by atoms with Crippen LogP contribution in [0.4, 0.5) is 11.4 Å². The highest BCUT2D eigenvalue weighted by atomic mass is 35.5. The van der Waals surface area contributed by atoms with E-state index < -0.39 is 12.0 Å². The average Bonchev–Trinajstić information content (AvgIpc) is 3.24. The summed E-state index contributed by atoms with van der Waals surface area (Å²) in [4.78, 5) is 33.8. The van der Waals surface area contributed by atoms with Gasteiger partial charge in [-0.25, -0.2) is 9.96 Å². The summed E-state index contributed by atoms with van der Waals surface area (Å²) in [5.41, 5.74) is 1.28. The molecule has 0 saturated carbocycles. The van der Waals surface area contributed by atoms with E-state index in [2.05, 4.69) is 6.92 Å². The molecule has 0 N–H and O–H groups in total. The minimum Gasteiger partial charge on any atom is -0.273 e. The monoisotopic (exact) mass is 446 g/mol. The normalized spacial score (nSPS) is 23.4. The molecule has 30 heavy (non-hydrogen) atoms. The molecule has 7 heteroatoms. The number of hydrogen-bond acceptors (Lipinski definition) is 4. The van der Waals surface area contributed by atoms with Gasteiger partial charge in [-0.15, -0.1) is 0 Å². The zero-order valence-electron chi connectivity index (χ0n) is 16.8. The molecule has 2 fully saturated rings. The number of amides is 2. The number of halogens is 2. The third-order valence-corrected chi connectivity index (χ3v) is 6.50. The lowest BCUT2D eigenvalue weighted by molar-refractivity contribution is -0.126. The second-order valence-electron chi connectivity index (χ2n) is 7.74. The Kier molecular flexibility index (Phi) is 6.32. The van der Waals surface area contributed by atoms with Gasteiger partial charge in [0, 0.05) is 0 Å². The third-order valence-electron chi connectivity index (χ3n) is 5.76. The van der Waals surface area contributed by atoms with Crippen molar-refractivity contribution in [3.8, 4) is 0 Å². The molecule has 5 nitrogen and oxygen atoms in total. The Labute approximate surface area is 186 Å². The van der Waals surface area contributed by atoms with E-state index in [4.69, 9.17) is 28.0 Å². The largest absolute Gasteiger partial charge is 0.273 e. The van der Waals surface area contributed by atoms with E-state index in [1.165, 1.54) is 4.90 Å². The highest BCUT2D eigenvalue weighted by molar-refractivity contribution is 6.42. The van der Waals surface area contributed by atoms with Crippen LogP contribution < -0.4 is 9.96 Å². The van der Waals surface area contributed by atoms with Gasteiger partial charge in [-0.3, -0.25) is 14.4 Å². The Bertz CT molecular complexity index is 937. The third kappa shape index (κ3) is 3.82. The Hall–Kier alpha value is -2.08. The number of hydrogen-bond donors (Lipinski definition) is 0. The van der Waals surface area contributed by atoms with Gasteiger partial charge in [-0.2, -0.15) is 0 Å². The number of nitrogens with zero attached hydrogens (tertiary/aromatic N) is 2. The zero-order valence-corrected chi connectivity index (χ0v) is 18.3. The molecule has 158 valence electrons. The predicted octanol–water partition coefficient (Wildman–Crippen LogP) is 5.64. The second-order valence-corrected chi connectivity index (χ2v) is 8.55. The van der Waals surface area contributed by atoms with E-state index in [1.807, 2.05) is 18.2 Å². The Morgan fingerprint density at radius 2 is 1.67 bits per heavy atom. The minimum absolute atomic E-state index is 0.209. The van der Waals surface area contributed by atoms with Crippen LogP contribution in [0.1, 0.15) is 39.0 Å². The molecule has 2 aliphatic rings. The SMILES string of the molecule is CCCCCC[C@H]1[C@H]2C(=O)N(c3ccccc3)C(=O)[C@@H]2ON1c1ccc(Cl)c(Cl)c1. The molecule has 2 aromatic carbocycles. The first kappa shape index (κ1) is 21.2. The van der Waals surface area contributed by atoms with E-state index >= 15 is 0 Å². The van der Waals surface area contributed by atoms with Crippen molar-refractivity contribution in [1.82, 2.24) is 0 Å². The summed E-state index contributed by atoms with van der Waals surface area (Å²) in [6, 6.07) is 14.0. The summed E-state index contributed by atoms with van der Waals surface area (Å²) in [5.74, 6) is -1.08. The fourth-order valence-electron chi connectivity index (χ4n) is 4.27. The van der Waals surface area contributed by atoms with Gasteiger partial charge in [-0.05, 0) is 36.8 Å². The number of carbonyl (C=O) groups is 2. The first-order chi connectivity index (χ1) is 14.5. The molecule has 2 heterocycles. The number of anilines is 2. The number of benzene rings is 2. The molecule has 0 aromatic heterocycles. The Morgan fingerprint density at radius 3 is 2.37 bits per heavy atom. The maximum atomic E-state index is 13.3. The van der Waals surface area contributed by atoms with Crippen molar-refractivity contribution in [2.24, 2.45) is 5.92 Å². The topological polar surface area (TPSA) is 49.9 Å². The molecule has 0 bridgehead atoms. The van der Waals surface area contributed by atoms with Gasteiger partial charge in [0.1, 0.15) is 0 Å². The van der Waals surface area contributed by atoms with Crippen LogP contribution in [0, 0.1) is 5.92 Å². The van der Waals surface area contributed by atoms with Crippen LogP contribution in [0.15, 0.2) is 48.5 Å². The molecular weight excluding hydrogens is 423 g/mol. The summed E-state index contributed by atoms with van der Waals surface area (Å²) in [5, 5.41) is 2.55. The van der Waals surface area contributed by atoms with Crippen molar-refractivity contribution in [1.29, 1.82) is 0 Å². The highest BCUT2D eigenvalue weighted by Crippen LogP contribution is 2.43. The Balaban J connectivity index is 1.64. The van der Waals surface area contributed by atoms with E-state index in [0.717, 1.165) is 32.1 Å². The highest BCUT2D eigenvalue weighted by Gasteiger charge is 2.59. The number of carbonyl (C=O) groups excluding carboxylic acids is 2. The number of unbranched alkanes of at least 4 members (excludes halogenated alkanes) is 3. The lowest BCUT2D eigenvalue weighted by atomic mass is 9.92. The fraction of sp³-hybridized carbons (Fsp3) is 0.391. The summed E-state index contributed by atoms with van der Waals surface area (Å²) in [7, 11) is 0. The molecule has 4 rings (SSSR count). The lowest BCUT2D eigenvalue weighted by Crippen LogP contribution is -2.40. The number of imide groups is 1. The smallest absolute Gasteiger partial charge is 0.266 e. The minimum atomic E-state index is -0.830. The zero-order chi connectivity index (χ0) is 21.3. The van der Waals surface area contributed by atoms with Gasteiger partial charge < -0.3 is 0 Å². The molecule has 3 atom stereocenters. The van der Waals surface area contributed by atoms with E-state index in [9.17, 15) is 9.59 Å². The molecule has 0 radical (unpaired) electrons. The van der Waals surface area contributed by atoms with Crippen molar-refractivity contribution in [2.45, 2.75) is 51.2 Å². The standard InChI is InChI=1S/C23H24Cl2N2O3/c1-2-3-4-8-11-19-20-21(30-27(19)16-12-13-17(24)18(25)14-16)23(29)26(22(20)28)15-9-6-5-7-10-15/h5-7,9-10,12-14,19-21H,2-4,8,11H2,1H3/t19-,20+,21+/m0/s1. The predicted molar refractivity (Wildman–Crippen MR) is 119 cm³/mol. The number of fused-ring (bicyclic) bond motifs is 1. The van der Waals surface area contributed by atoms with Crippen molar-refractivity contribution in [3.05, 3.63) is 58.6 Å². The van der Waals surface area contributed by atoms with Crippen molar-refractivity contribution in [3.63, 3.8) is 0 Å². The Morgan fingerprint density at radius 1 is 0.900 bits per heavy atom. The molecule has 0 spiro atoms. The summed E-state index contributed by atoms with van der Waals surface area (Å²) < 4.78 is 0. The van der Waals surface area contributed by atoms with Gasteiger partial charge in [0.25, 0.3) is 5.91 Å². The van der Waals surface area contributed by atoms with E-state index in [0.29, 0.717) is 21.4 Å². The summed E-state index contributed by atoms with van der Waals surface area (Å²) in [6.45, 7) is 2.16. The van der Waals surface area contributed by atoms with Crippen molar-refractivity contribution < 1.29 is 14.4 Å². The van der Waals surface area contributed by atoms with Crippen LogP contribution in [0.3, 0.4) is 0 Å². The van der Waals surface area contributed by atoms with Crippen LogP contribution in [0.25, 0.3) is 0 Å². The second kappa shape index (κ2) is 8.96. The van der Waals surface area contributed by atoms with Crippen LogP contribution in [0.5, 0.6) is 0 Å². The number of para-hydroxylation sites is 1. The van der Waals surface area contributed by atoms with Gasteiger partial charge in [0.2, 0.25) is 5.91 Å². The van der Waals surface area contributed by atoms with Crippen molar-refractivity contribution in [2.75, 3.05) is 9.96 Å². The van der Waals surface area contributed by atoms with Gasteiger partial charge in [0.05, 0.1) is 33.4 Å². The molecule has 0 aliphatic carbocycles. The molecule has 2 aliphatic heterocycles. The maximum absolute atomic E-state index is 13.3. The average molecular weight is 447 g/mol. The quantitative estimate of drug-likeness (QED) is 0.407. The van der Waals surface area contributed by atoms with Crippen LogP contribution >= 0.6 is 23.2 Å². The van der Waals surface area contributed by atoms with Crippen LogP contribution in [-0.2, 0) is 14.4 Å². The molecule has 0 unspecified atom stereocenters. The van der Waals surface area contributed by atoms with Gasteiger partial charge >= 0.3 is 0 Å². The van der Waals surface area contributed by atoms with Crippen LogP contribution in [0.2, 0.25) is 10.0 Å². The summed E-state index contributed by atoms with van der Waals surface area (Å²) in [6.07, 6.45) is 4.21. The first-order valence-electron chi connectivity index (χ1n) is 10.4. The summed E-state index contributed by atoms with van der Waals surface area (Å²) >= 11 is 12.3. The number of rotatable bonds is 7. The van der Waals surface area contributed by atoms with Crippen molar-refractivity contribution >= 4 is 46.4 Å². The molecule has 2 amide bonds. The van der Waals surface area contributed by atoms with Crippen LogP contribution in [-0.4, -0.2) is 24.0 Å². The lowest BCUT2D eigenvalue weighted by Gasteiger charge is -2.28. The fourth-order valence-corrected chi connectivity index (χ4v) is 4.57. The molecule has 2 aromatic rings. The first-order valence-corrected chi connectivity index (χ1v) is 11.1. The molecule has 2 saturated heterocycles. The maximum Gasteiger partial charge on any atom is 0.266 e. The van der Waals surface area contributed by atoms with E-state index in [1.54, 1.807) is 35.4 Å². The van der Waals surface area contributed by atoms with E-state index in [-0.39, 0.29) is 17.9 Å². The van der Waals surface area contributed by atoms with Gasteiger partial charge in [0.15, 0.2) is 6.10 Å².